The van der Waals surface area contributed by atoms with Crippen LogP contribution < -0.4 is 5.32 Å². The maximum Gasteiger partial charge on any atom is 0.225 e. The normalized spacial score (nSPS) is 15.6. The van der Waals surface area contributed by atoms with Crippen molar-refractivity contribution in [3.63, 3.8) is 0 Å². The summed E-state index contributed by atoms with van der Waals surface area (Å²) in [4.78, 5) is 18.5. The number of rotatable bonds is 6. The molecular formula is C18H21F2N3O2S. The van der Waals surface area contributed by atoms with Gasteiger partial charge in [0.1, 0.15) is 21.6 Å². The summed E-state index contributed by atoms with van der Waals surface area (Å²) in [5.41, 5.74) is 0.222. The molecule has 1 saturated heterocycles. The van der Waals surface area contributed by atoms with Crippen LogP contribution in [0.4, 0.5) is 13.8 Å². The molecule has 0 bridgehead atoms. The lowest BCUT2D eigenvalue weighted by Gasteiger charge is -2.18. The molecule has 1 aromatic heterocycles. The van der Waals surface area contributed by atoms with Crippen molar-refractivity contribution in [2.75, 3.05) is 38.2 Å². The van der Waals surface area contributed by atoms with Crippen molar-refractivity contribution in [2.24, 2.45) is 0 Å². The van der Waals surface area contributed by atoms with Crippen molar-refractivity contribution >= 4 is 22.2 Å². The van der Waals surface area contributed by atoms with Gasteiger partial charge in [-0.25, -0.2) is 13.8 Å². The lowest BCUT2D eigenvalue weighted by molar-refractivity contribution is -0.116. The zero-order valence-electron chi connectivity index (χ0n) is 14.3. The maximum atomic E-state index is 13.8. The van der Waals surface area contributed by atoms with Crippen molar-refractivity contribution in [1.29, 1.82) is 0 Å². The molecule has 3 rings (SSSR count). The zero-order valence-corrected chi connectivity index (χ0v) is 15.2. The number of nitrogens with one attached hydrogen (secondary N) is 1. The topological polar surface area (TPSA) is 54.5 Å². The smallest absolute Gasteiger partial charge is 0.225 e. The van der Waals surface area contributed by atoms with Gasteiger partial charge in [-0.15, -0.1) is 0 Å². The van der Waals surface area contributed by atoms with Crippen molar-refractivity contribution in [1.82, 2.24) is 9.88 Å². The number of halogens is 2. The molecule has 1 amide bonds. The van der Waals surface area contributed by atoms with Crippen molar-refractivity contribution in [2.45, 2.75) is 19.3 Å². The second-order valence-corrected chi connectivity index (χ2v) is 7.14. The van der Waals surface area contributed by atoms with Crippen LogP contribution in [0.3, 0.4) is 0 Å². The molecule has 0 saturated carbocycles. The Bertz CT molecular complexity index is 746. The van der Waals surface area contributed by atoms with Crippen LogP contribution in [0.1, 0.15) is 19.3 Å². The highest BCUT2D eigenvalue weighted by Gasteiger charge is 2.13. The summed E-state index contributed by atoms with van der Waals surface area (Å²) in [5, 5.41) is 3.75. The van der Waals surface area contributed by atoms with E-state index in [1.54, 1.807) is 0 Å². The number of thiazole rings is 1. The molecule has 0 aliphatic carbocycles. The number of hydrogen-bond acceptors (Lipinski definition) is 5. The highest BCUT2D eigenvalue weighted by Crippen LogP contribution is 2.30. The Labute approximate surface area is 155 Å². The fourth-order valence-corrected chi connectivity index (χ4v) is 3.66. The summed E-state index contributed by atoms with van der Waals surface area (Å²) in [6.07, 6.45) is 3.70. The number of benzene rings is 1. The lowest BCUT2D eigenvalue weighted by atomic mass is 10.2. The molecule has 1 N–H and O–H groups in total. The third-order valence-electron chi connectivity index (χ3n) is 4.12. The van der Waals surface area contributed by atoms with E-state index in [1.807, 2.05) is 0 Å². The highest BCUT2D eigenvalue weighted by molar-refractivity contribution is 7.19. The summed E-state index contributed by atoms with van der Waals surface area (Å²) in [7, 11) is 0. The van der Waals surface area contributed by atoms with Crippen molar-refractivity contribution in [3.05, 3.63) is 36.0 Å². The van der Waals surface area contributed by atoms with E-state index in [-0.39, 0.29) is 11.5 Å². The largest absolute Gasteiger partial charge is 0.380 e. The average Bonchev–Trinajstić information content (AvgIpc) is 2.89. The Morgan fingerprint density at radius 2 is 2.19 bits per heavy atom. The first kappa shape index (κ1) is 18.9. The number of carbonyl (C=O) groups excluding carboxylic acids is 1. The van der Waals surface area contributed by atoms with E-state index in [0.717, 1.165) is 51.8 Å². The molecule has 1 fully saturated rings. The molecule has 26 heavy (non-hydrogen) atoms. The van der Waals surface area contributed by atoms with Gasteiger partial charge < -0.3 is 15.0 Å². The molecule has 0 atom stereocenters. The van der Waals surface area contributed by atoms with E-state index >= 15 is 0 Å². The molecule has 2 heterocycles. The first-order valence-corrected chi connectivity index (χ1v) is 9.44. The molecule has 8 heteroatoms. The molecular weight excluding hydrogens is 360 g/mol. The van der Waals surface area contributed by atoms with Crippen LogP contribution in [0.2, 0.25) is 0 Å². The van der Waals surface area contributed by atoms with Crippen LogP contribution in [0, 0.1) is 11.6 Å². The molecule has 1 aliphatic rings. The van der Waals surface area contributed by atoms with Crippen molar-refractivity contribution in [3.8, 4) is 10.6 Å². The fourth-order valence-electron chi connectivity index (χ4n) is 2.80. The van der Waals surface area contributed by atoms with Gasteiger partial charge in [-0.2, -0.15) is 0 Å². The monoisotopic (exact) mass is 381 g/mol. The van der Waals surface area contributed by atoms with E-state index in [0.29, 0.717) is 16.4 Å². The van der Waals surface area contributed by atoms with Crippen LogP contribution in [-0.4, -0.2) is 48.6 Å². The predicted molar refractivity (Wildman–Crippen MR) is 97.2 cm³/mol. The maximum absolute atomic E-state index is 13.8. The first-order chi connectivity index (χ1) is 12.6. The summed E-state index contributed by atoms with van der Waals surface area (Å²) < 4.78 is 32.2. The standard InChI is InChI=1S/C18H21F2N3O2S/c19-13-4-5-14(15(20)11-13)18-21-12-17(26-18)22-16(24)3-1-6-23-7-2-9-25-10-8-23/h4-5,11-12H,1-3,6-10H2,(H,22,24). The van der Waals surface area contributed by atoms with Gasteiger partial charge in [-0.1, -0.05) is 11.3 Å². The Morgan fingerprint density at radius 1 is 1.31 bits per heavy atom. The van der Waals surface area contributed by atoms with Crippen LogP contribution >= 0.6 is 11.3 Å². The molecule has 5 nitrogen and oxygen atoms in total. The fraction of sp³-hybridized carbons (Fsp3) is 0.444. The van der Waals surface area contributed by atoms with Crippen LogP contribution in [0.5, 0.6) is 0 Å². The molecule has 0 radical (unpaired) electrons. The molecule has 2 aromatic rings. The predicted octanol–water partition coefficient (Wildman–Crippen LogP) is 3.53. The SMILES string of the molecule is O=C(CCCN1CCCOCC1)Nc1cnc(-c2ccc(F)cc2F)s1. The van der Waals surface area contributed by atoms with Gasteiger partial charge in [0.15, 0.2) is 0 Å². The van der Waals surface area contributed by atoms with Crippen LogP contribution in [0.25, 0.3) is 10.6 Å². The van der Waals surface area contributed by atoms with Crippen LogP contribution in [-0.2, 0) is 9.53 Å². The van der Waals surface area contributed by atoms with Gasteiger partial charge in [0, 0.05) is 37.7 Å². The number of nitrogens with zero attached hydrogens (tertiary/aromatic N) is 2. The van der Waals surface area contributed by atoms with Gasteiger partial charge >= 0.3 is 0 Å². The quantitative estimate of drug-likeness (QED) is 0.832. The second-order valence-electron chi connectivity index (χ2n) is 6.11. The van der Waals surface area contributed by atoms with E-state index in [2.05, 4.69) is 15.2 Å². The number of anilines is 1. The van der Waals surface area contributed by atoms with Gasteiger partial charge in [0.05, 0.1) is 12.8 Å². The Kier molecular flexibility index (Phi) is 6.65. The van der Waals surface area contributed by atoms with Gasteiger partial charge in [0.25, 0.3) is 0 Å². The number of carbonyl (C=O) groups is 1. The summed E-state index contributed by atoms with van der Waals surface area (Å²) in [6, 6.07) is 3.36. The minimum absolute atomic E-state index is 0.0918. The third-order valence-corrected chi connectivity index (χ3v) is 5.07. The van der Waals surface area contributed by atoms with E-state index in [1.165, 1.54) is 29.7 Å². The summed E-state index contributed by atoms with van der Waals surface area (Å²) in [5.74, 6) is -1.39. The molecule has 0 unspecified atom stereocenters. The average molecular weight is 381 g/mol. The third kappa shape index (κ3) is 5.30. The second kappa shape index (κ2) is 9.16. The van der Waals surface area contributed by atoms with Gasteiger partial charge in [-0.3, -0.25) is 4.79 Å². The van der Waals surface area contributed by atoms with E-state index < -0.39 is 11.6 Å². The van der Waals surface area contributed by atoms with Crippen molar-refractivity contribution < 1.29 is 18.3 Å². The highest BCUT2D eigenvalue weighted by atomic mass is 32.1. The molecule has 1 aliphatic heterocycles. The molecule has 1 aromatic carbocycles. The number of ether oxygens (including phenoxy) is 1. The summed E-state index contributed by atoms with van der Waals surface area (Å²) in [6.45, 7) is 4.33. The first-order valence-electron chi connectivity index (χ1n) is 8.63. The number of amides is 1. The van der Waals surface area contributed by atoms with E-state index in [9.17, 15) is 13.6 Å². The van der Waals surface area contributed by atoms with E-state index in [4.69, 9.17) is 4.74 Å². The Hall–Kier alpha value is -1.90. The summed E-state index contributed by atoms with van der Waals surface area (Å²) >= 11 is 1.17. The molecule has 140 valence electrons. The zero-order chi connectivity index (χ0) is 18.4. The van der Waals surface area contributed by atoms with Gasteiger partial charge in [-0.05, 0) is 31.5 Å². The lowest BCUT2D eigenvalue weighted by Crippen LogP contribution is -2.28. The number of aromatic nitrogens is 1. The Morgan fingerprint density at radius 3 is 3.04 bits per heavy atom. The van der Waals surface area contributed by atoms with Crippen LogP contribution in [0.15, 0.2) is 24.4 Å². The molecule has 0 spiro atoms. The van der Waals surface area contributed by atoms with Gasteiger partial charge in [0.2, 0.25) is 5.91 Å². The minimum atomic E-state index is -0.668. The number of hydrogen-bond donors (Lipinski definition) is 1. The Balaban J connectivity index is 1.48. The minimum Gasteiger partial charge on any atom is -0.380 e.